The molecule has 16 heavy (non-hydrogen) atoms. The summed E-state index contributed by atoms with van der Waals surface area (Å²) in [5.74, 6) is 4.62. The van der Waals surface area contributed by atoms with Gasteiger partial charge < -0.3 is 0 Å². The van der Waals surface area contributed by atoms with Crippen LogP contribution in [0.15, 0.2) is 0 Å². The van der Waals surface area contributed by atoms with Gasteiger partial charge in [0, 0.05) is 0 Å². The van der Waals surface area contributed by atoms with Crippen molar-refractivity contribution in [1.82, 2.24) is 0 Å². The SMILES string of the molecule is C(CCC1CCC2CCCCC12)CC1CC1. The maximum absolute atomic E-state index is 1.58. The normalized spacial score (nSPS) is 38.6. The van der Waals surface area contributed by atoms with Crippen molar-refractivity contribution in [2.24, 2.45) is 23.7 Å². The predicted molar refractivity (Wildman–Crippen MR) is 69.4 cm³/mol. The van der Waals surface area contributed by atoms with E-state index in [2.05, 4.69) is 0 Å². The average Bonchev–Trinajstić information content (AvgIpc) is 3.05. The van der Waals surface area contributed by atoms with Crippen molar-refractivity contribution in [3.8, 4) is 0 Å². The van der Waals surface area contributed by atoms with E-state index in [1.54, 1.807) is 70.6 Å². The second-order valence-electron chi connectivity index (χ2n) is 6.77. The highest BCUT2D eigenvalue weighted by molar-refractivity contribution is 4.87. The quantitative estimate of drug-likeness (QED) is 0.560. The van der Waals surface area contributed by atoms with Crippen LogP contribution in [0.25, 0.3) is 0 Å². The first kappa shape index (κ1) is 11.1. The fourth-order valence-corrected chi connectivity index (χ4v) is 4.46. The first-order chi connectivity index (χ1) is 7.93. The number of fused-ring (bicyclic) bond motifs is 1. The van der Waals surface area contributed by atoms with Gasteiger partial charge in [0.2, 0.25) is 0 Å². The Balaban J connectivity index is 1.37. The molecule has 3 atom stereocenters. The zero-order valence-electron chi connectivity index (χ0n) is 10.8. The minimum atomic E-state index is 1.14. The molecule has 0 heterocycles. The third kappa shape index (κ3) is 2.63. The molecule has 92 valence electrons. The zero-order chi connectivity index (χ0) is 10.8. The molecule has 0 heteroatoms. The molecule has 3 saturated carbocycles. The van der Waals surface area contributed by atoms with E-state index in [0.717, 1.165) is 23.7 Å². The molecule has 0 aliphatic heterocycles. The molecule has 3 aliphatic carbocycles. The van der Waals surface area contributed by atoms with Gasteiger partial charge in [-0.05, 0) is 42.9 Å². The number of unbranched alkanes of at least 4 members (excludes halogenated alkanes) is 1. The summed E-state index contributed by atoms with van der Waals surface area (Å²) in [7, 11) is 0. The van der Waals surface area contributed by atoms with Crippen LogP contribution in [0.5, 0.6) is 0 Å². The topological polar surface area (TPSA) is 0 Å². The van der Waals surface area contributed by atoms with E-state index >= 15 is 0 Å². The van der Waals surface area contributed by atoms with E-state index in [1.807, 2.05) is 0 Å². The van der Waals surface area contributed by atoms with Gasteiger partial charge >= 0.3 is 0 Å². The molecule has 3 rings (SSSR count). The molecule has 0 saturated heterocycles. The van der Waals surface area contributed by atoms with Crippen LogP contribution < -0.4 is 0 Å². The lowest BCUT2D eigenvalue weighted by Gasteiger charge is -2.29. The molecule has 0 amide bonds. The smallest absolute Gasteiger partial charge is 0.0357 e. The van der Waals surface area contributed by atoms with Crippen molar-refractivity contribution in [2.45, 2.75) is 77.0 Å². The summed E-state index contributed by atoms with van der Waals surface area (Å²) in [4.78, 5) is 0. The number of hydrogen-bond donors (Lipinski definition) is 0. The molecule has 0 aromatic carbocycles. The van der Waals surface area contributed by atoms with Crippen LogP contribution >= 0.6 is 0 Å². The van der Waals surface area contributed by atoms with Gasteiger partial charge in [-0.15, -0.1) is 0 Å². The molecule has 0 spiro atoms. The standard InChI is InChI=1S/C16H28/c1(5-13-9-10-13)2-6-14-11-12-15-7-3-4-8-16(14)15/h13-16H,1-12H2. The van der Waals surface area contributed by atoms with E-state index in [9.17, 15) is 0 Å². The Morgan fingerprint density at radius 1 is 0.688 bits per heavy atom. The summed E-state index contributed by atoms with van der Waals surface area (Å²) < 4.78 is 0. The summed E-state index contributed by atoms with van der Waals surface area (Å²) >= 11 is 0. The van der Waals surface area contributed by atoms with Gasteiger partial charge in [0.1, 0.15) is 0 Å². The third-order valence-corrected chi connectivity index (χ3v) is 5.62. The molecular formula is C16H28. The van der Waals surface area contributed by atoms with E-state index in [1.165, 1.54) is 6.42 Å². The van der Waals surface area contributed by atoms with Crippen molar-refractivity contribution >= 4 is 0 Å². The van der Waals surface area contributed by atoms with E-state index in [4.69, 9.17) is 0 Å². The average molecular weight is 220 g/mol. The van der Waals surface area contributed by atoms with Crippen molar-refractivity contribution < 1.29 is 0 Å². The van der Waals surface area contributed by atoms with Gasteiger partial charge in [-0.2, -0.15) is 0 Å². The molecule has 0 bridgehead atoms. The summed E-state index contributed by atoms with van der Waals surface area (Å²) in [6.07, 6.45) is 18.7. The van der Waals surface area contributed by atoms with Gasteiger partial charge in [-0.25, -0.2) is 0 Å². The van der Waals surface area contributed by atoms with Crippen LogP contribution in [0.3, 0.4) is 0 Å². The van der Waals surface area contributed by atoms with Crippen LogP contribution in [0.2, 0.25) is 0 Å². The Morgan fingerprint density at radius 2 is 1.50 bits per heavy atom. The van der Waals surface area contributed by atoms with Crippen LogP contribution in [0.4, 0.5) is 0 Å². The molecular weight excluding hydrogens is 192 g/mol. The Kier molecular flexibility index (Phi) is 3.54. The largest absolute Gasteiger partial charge is 0.0530 e. The Bertz CT molecular complexity index is 216. The van der Waals surface area contributed by atoms with Crippen LogP contribution in [-0.2, 0) is 0 Å². The van der Waals surface area contributed by atoms with Crippen molar-refractivity contribution in [3.05, 3.63) is 0 Å². The molecule has 3 fully saturated rings. The van der Waals surface area contributed by atoms with Crippen molar-refractivity contribution in [3.63, 3.8) is 0 Å². The molecule has 0 N–H and O–H groups in total. The highest BCUT2D eigenvalue weighted by Gasteiger charge is 2.36. The lowest BCUT2D eigenvalue weighted by atomic mass is 9.77. The summed E-state index contributed by atoms with van der Waals surface area (Å²) in [5, 5.41) is 0. The van der Waals surface area contributed by atoms with Crippen LogP contribution in [0, 0.1) is 23.7 Å². The fourth-order valence-electron chi connectivity index (χ4n) is 4.46. The fraction of sp³-hybridized carbons (Fsp3) is 1.00. The van der Waals surface area contributed by atoms with Gasteiger partial charge in [0.25, 0.3) is 0 Å². The van der Waals surface area contributed by atoms with E-state index in [0.29, 0.717) is 0 Å². The van der Waals surface area contributed by atoms with Crippen LogP contribution in [0.1, 0.15) is 77.0 Å². The van der Waals surface area contributed by atoms with Gasteiger partial charge in [0.15, 0.2) is 0 Å². The maximum Gasteiger partial charge on any atom is -0.0357 e. The molecule has 0 aromatic rings. The van der Waals surface area contributed by atoms with Gasteiger partial charge in [-0.1, -0.05) is 57.8 Å². The summed E-state index contributed by atoms with van der Waals surface area (Å²) in [5.41, 5.74) is 0. The van der Waals surface area contributed by atoms with E-state index < -0.39 is 0 Å². The first-order valence-electron chi connectivity index (χ1n) is 7.93. The molecule has 0 radical (unpaired) electrons. The van der Waals surface area contributed by atoms with E-state index in [-0.39, 0.29) is 0 Å². The zero-order valence-corrected chi connectivity index (χ0v) is 10.8. The Hall–Kier alpha value is 0. The number of hydrogen-bond acceptors (Lipinski definition) is 0. The molecule has 0 aromatic heterocycles. The van der Waals surface area contributed by atoms with Crippen LogP contribution in [-0.4, -0.2) is 0 Å². The van der Waals surface area contributed by atoms with Gasteiger partial charge in [0.05, 0.1) is 0 Å². The minimum Gasteiger partial charge on any atom is -0.0530 e. The van der Waals surface area contributed by atoms with Crippen molar-refractivity contribution in [1.29, 1.82) is 0 Å². The predicted octanol–water partition coefficient (Wildman–Crippen LogP) is 5.17. The molecule has 0 nitrogen and oxygen atoms in total. The van der Waals surface area contributed by atoms with Gasteiger partial charge in [-0.3, -0.25) is 0 Å². The molecule has 3 aliphatic rings. The van der Waals surface area contributed by atoms with Crippen molar-refractivity contribution in [2.75, 3.05) is 0 Å². The monoisotopic (exact) mass is 220 g/mol. The second-order valence-corrected chi connectivity index (χ2v) is 6.77. The second kappa shape index (κ2) is 5.10. The third-order valence-electron chi connectivity index (χ3n) is 5.62. The Morgan fingerprint density at radius 3 is 2.38 bits per heavy atom. The Labute approximate surface area is 101 Å². The summed E-state index contributed by atoms with van der Waals surface area (Å²) in [6.45, 7) is 0. The molecule has 3 unspecified atom stereocenters. The minimum absolute atomic E-state index is 1.14. The highest BCUT2D eigenvalue weighted by Crippen LogP contribution is 2.47. The number of rotatable bonds is 5. The summed E-state index contributed by atoms with van der Waals surface area (Å²) in [6, 6.07) is 0. The first-order valence-corrected chi connectivity index (χ1v) is 7.93. The lowest BCUT2D eigenvalue weighted by molar-refractivity contribution is 0.218. The highest BCUT2D eigenvalue weighted by atomic mass is 14.4. The lowest BCUT2D eigenvalue weighted by Crippen LogP contribution is -2.19. The maximum atomic E-state index is 1.58.